The fourth-order valence-electron chi connectivity index (χ4n) is 2.36. The van der Waals surface area contributed by atoms with Crippen molar-refractivity contribution in [3.05, 3.63) is 46.5 Å². The van der Waals surface area contributed by atoms with Gasteiger partial charge in [-0.25, -0.2) is 15.0 Å². The van der Waals surface area contributed by atoms with Crippen LogP contribution in [0.3, 0.4) is 0 Å². The van der Waals surface area contributed by atoms with E-state index in [1.165, 1.54) is 0 Å². The third-order valence-electron chi connectivity index (χ3n) is 3.49. The molecular formula is C14H15Cl2N5. The molecule has 0 amide bonds. The third-order valence-corrected chi connectivity index (χ3v) is 4.03. The second-order valence-corrected chi connectivity index (χ2v) is 5.64. The molecular weight excluding hydrogens is 309 g/mol. The van der Waals surface area contributed by atoms with E-state index in [1.807, 2.05) is 12.1 Å². The van der Waals surface area contributed by atoms with Crippen molar-refractivity contribution < 1.29 is 0 Å². The van der Waals surface area contributed by atoms with Crippen LogP contribution in [0.4, 0.5) is 5.95 Å². The number of hydrogen-bond donors (Lipinski definition) is 0. The number of aromatic nitrogens is 3. The lowest BCUT2D eigenvalue weighted by atomic mass is 10.2. The summed E-state index contributed by atoms with van der Waals surface area (Å²) in [5.41, 5.74) is 1.01. The van der Waals surface area contributed by atoms with Gasteiger partial charge in [0, 0.05) is 50.7 Å². The Morgan fingerprint density at radius 2 is 1.71 bits per heavy atom. The number of halogens is 2. The van der Waals surface area contributed by atoms with E-state index in [4.69, 9.17) is 23.2 Å². The molecule has 2 aromatic rings. The monoisotopic (exact) mass is 323 g/mol. The summed E-state index contributed by atoms with van der Waals surface area (Å²) < 4.78 is 0. The molecule has 0 saturated carbocycles. The van der Waals surface area contributed by atoms with Gasteiger partial charge in [-0.3, -0.25) is 4.90 Å². The quantitative estimate of drug-likeness (QED) is 0.812. The Morgan fingerprint density at radius 3 is 2.38 bits per heavy atom. The largest absolute Gasteiger partial charge is 0.338 e. The lowest BCUT2D eigenvalue weighted by Gasteiger charge is -2.34. The van der Waals surface area contributed by atoms with Gasteiger partial charge in [-0.05, 0) is 12.1 Å². The maximum Gasteiger partial charge on any atom is 0.225 e. The number of anilines is 1. The number of hydrogen-bond acceptors (Lipinski definition) is 5. The molecule has 110 valence electrons. The topological polar surface area (TPSA) is 45.2 Å². The predicted octanol–water partition coefficient (Wildman–Crippen LogP) is 2.50. The van der Waals surface area contributed by atoms with E-state index in [1.54, 1.807) is 18.5 Å². The van der Waals surface area contributed by atoms with Gasteiger partial charge in [0.15, 0.2) is 0 Å². The van der Waals surface area contributed by atoms with Crippen LogP contribution in [0.15, 0.2) is 30.6 Å². The van der Waals surface area contributed by atoms with Gasteiger partial charge in [0.1, 0.15) is 10.3 Å². The summed E-state index contributed by atoms with van der Waals surface area (Å²) in [6.07, 6.45) is 3.54. The molecule has 1 fully saturated rings. The highest BCUT2D eigenvalue weighted by atomic mass is 35.5. The molecule has 0 radical (unpaired) electrons. The molecule has 1 aliphatic heterocycles. The minimum Gasteiger partial charge on any atom is -0.338 e. The van der Waals surface area contributed by atoms with E-state index >= 15 is 0 Å². The Hall–Kier alpha value is -1.43. The van der Waals surface area contributed by atoms with Crippen LogP contribution in [0.2, 0.25) is 10.3 Å². The molecule has 0 unspecified atom stereocenters. The van der Waals surface area contributed by atoms with E-state index in [-0.39, 0.29) is 0 Å². The summed E-state index contributed by atoms with van der Waals surface area (Å²) in [6.45, 7) is 4.48. The van der Waals surface area contributed by atoms with Gasteiger partial charge in [0.05, 0.1) is 0 Å². The van der Waals surface area contributed by atoms with Gasteiger partial charge in [0.2, 0.25) is 5.95 Å². The lowest BCUT2D eigenvalue weighted by Crippen LogP contribution is -2.46. The maximum absolute atomic E-state index is 6.12. The Morgan fingerprint density at radius 1 is 1.00 bits per heavy atom. The second kappa shape index (κ2) is 6.56. The van der Waals surface area contributed by atoms with Crippen LogP contribution in [0.5, 0.6) is 0 Å². The number of piperazine rings is 1. The molecule has 0 N–H and O–H groups in total. The van der Waals surface area contributed by atoms with Crippen LogP contribution >= 0.6 is 23.2 Å². The summed E-state index contributed by atoms with van der Waals surface area (Å²) in [5.74, 6) is 0.795. The Labute approximate surface area is 133 Å². The third kappa shape index (κ3) is 3.61. The van der Waals surface area contributed by atoms with Crippen LogP contribution in [0.1, 0.15) is 5.56 Å². The SMILES string of the molecule is Clc1ccc(CN2CCN(c3ncccn3)CC2)c(Cl)n1. The first-order valence-corrected chi connectivity index (χ1v) is 7.53. The molecule has 5 nitrogen and oxygen atoms in total. The fraction of sp³-hybridized carbons (Fsp3) is 0.357. The molecule has 3 heterocycles. The van der Waals surface area contributed by atoms with Gasteiger partial charge in [0.25, 0.3) is 0 Å². The zero-order valence-electron chi connectivity index (χ0n) is 11.4. The summed E-state index contributed by atoms with van der Waals surface area (Å²) in [4.78, 5) is 17.2. The van der Waals surface area contributed by atoms with Gasteiger partial charge in [-0.15, -0.1) is 0 Å². The molecule has 0 atom stereocenters. The van der Waals surface area contributed by atoms with Gasteiger partial charge in [-0.1, -0.05) is 29.3 Å². The van der Waals surface area contributed by atoms with E-state index < -0.39 is 0 Å². The van der Waals surface area contributed by atoms with E-state index in [2.05, 4.69) is 24.8 Å². The van der Waals surface area contributed by atoms with Gasteiger partial charge >= 0.3 is 0 Å². The van der Waals surface area contributed by atoms with Gasteiger partial charge < -0.3 is 4.90 Å². The van der Waals surface area contributed by atoms with Crippen LogP contribution in [-0.2, 0) is 6.54 Å². The average molecular weight is 324 g/mol. The first-order valence-electron chi connectivity index (χ1n) is 6.77. The lowest BCUT2D eigenvalue weighted by molar-refractivity contribution is 0.248. The summed E-state index contributed by atoms with van der Waals surface area (Å²) in [6, 6.07) is 5.54. The summed E-state index contributed by atoms with van der Waals surface area (Å²) >= 11 is 11.9. The highest BCUT2D eigenvalue weighted by molar-refractivity contribution is 6.32. The maximum atomic E-state index is 6.12. The van der Waals surface area contributed by atoms with E-state index in [0.29, 0.717) is 10.3 Å². The fourth-order valence-corrected chi connectivity index (χ4v) is 2.76. The first-order chi connectivity index (χ1) is 10.2. The smallest absolute Gasteiger partial charge is 0.225 e. The van der Waals surface area contributed by atoms with Crippen molar-refractivity contribution in [2.45, 2.75) is 6.54 Å². The van der Waals surface area contributed by atoms with Crippen molar-refractivity contribution in [2.75, 3.05) is 31.1 Å². The predicted molar refractivity (Wildman–Crippen MR) is 83.8 cm³/mol. The number of rotatable bonds is 3. The first kappa shape index (κ1) is 14.5. The zero-order valence-corrected chi connectivity index (χ0v) is 12.9. The second-order valence-electron chi connectivity index (χ2n) is 4.90. The molecule has 0 spiro atoms. The van der Waals surface area contributed by atoms with Gasteiger partial charge in [-0.2, -0.15) is 0 Å². The van der Waals surface area contributed by atoms with E-state index in [9.17, 15) is 0 Å². The van der Waals surface area contributed by atoms with Crippen molar-refractivity contribution in [2.24, 2.45) is 0 Å². The number of nitrogens with zero attached hydrogens (tertiary/aromatic N) is 5. The van der Waals surface area contributed by atoms with Crippen molar-refractivity contribution in [3.63, 3.8) is 0 Å². The summed E-state index contributed by atoms with van der Waals surface area (Å²) in [7, 11) is 0. The van der Waals surface area contributed by atoms with Crippen molar-refractivity contribution in [1.82, 2.24) is 19.9 Å². The molecule has 1 aliphatic rings. The van der Waals surface area contributed by atoms with Crippen molar-refractivity contribution in [1.29, 1.82) is 0 Å². The van der Waals surface area contributed by atoms with Crippen LogP contribution in [0, 0.1) is 0 Å². The van der Waals surface area contributed by atoms with Crippen molar-refractivity contribution >= 4 is 29.2 Å². The molecule has 7 heteroatoms. The molecule has 3 rings (SSSR count). The van der Waals surface area contributed by atoms with Crippen LogP contribution < -0.4 is 4.90 Å². The molecule has 21 heavy (non-hydrogen) atoms. The summed E-state index contributed by atoms with van der Waals surface area (Å²) in [5, 5.41) is 0.908. The highest BCUT2D eigenvalue weighted by Crippen LogP contribution is 2.19. The van der Waals surface area contributed by atoms with Crippen LogP contribution in [-0.4, -0.2) is 46.0 Å². The van der Waals surface area contributed by atoms with Crippen LogP contribution in [0.25, 0.3) is 0 Å². The Balaban J connectivity index is 1.59. The molecule has 0 aromatic carbocycles. The Kier molecular flexibility index (Phi) is 4.53. The molecule has 2 aromatic heterocycles. The normalized spacial score (nSPS) is 16.2. The minimum atomic E-state index is 0.426. The molecule has 0 bridgehead atoms. The highest BCUT2D eigenvalue weighted by Gasteiger charge is 2.19. The standard InChI is InChI=1S/C14H15Cl2N5/c15-12-3-2-11(13(16)19-12)10-20-6-8-21(9-7-20)14-17-4-1-5-18-14/h1-5H,6-10H2. The van der Waals surface area contributed by atoms with E-state index in [0.717, 1.165) is 44.2 Å². The zero-order chi connectivity index (χ0) is 14.7. The van der Waals surface area contributed by atoms with Crippen molar-refractivity contribution in [3.8, 4) is 0 Å². The number of pyridine rings is 1. The minimum absolute atomic E-state index is 0.426. The molecule has 0 aliphatic carbocycles. The average Bonchev–Trinajstić information content (AvgIpc) is 2.52. The Bertz CT molecular complexity index is 600. The molecule has 1 saturated heterocycles.